The number of aromatic nitrogens is 2. The van der Waals surface area contributed by atoms with Crippen LogP contribution in [0.25, 0.3) is 11.1 Å². The quantitative estimate of drug-likeness (QED) is 0.296. The van der Waals surface area contributed by atoms with Gasteiger partial charge in [0.05, 0.1) is 5.92 Å². The maximum absolute atomic E-state index is 15.0. The summed E-state index contributed by atoms with van der Waals surface area (Å²) in [5.41, 5.74) is 2.36. The molecule has 1 amide bonds. The Balaban J connectivity index is 1.41. The average molecular weight is 574 g/mol. The van der Waals surface area contributed by atoms with Gasteiger partial charge in [0.25, 0.3) is 0 Å². The Hall–Kier alpha value is -3.43. The van der Waals surface area contributed by atoms with Crippen molar-refractivity contribution in [3.8, 4) is 11.1 Å². The van der Waals surface area contributed by atoms with Crippen LogP contribution in [-0.2, 0) is 16.0 Å². The van der Waals surface area contributed by atoms with Gasteiger partial charge in [0.2, 0.25) is 11.7 Å². The number of amides is 1. The Morgan fingerprint density at radius 2 is 1.95 bits per heavy atom. The lowest BCUT2D eigenvalue weighted by Crippen LogP contribution is -2.49. The van der Waals surface area contributed by atoms with E-state index < -0.39 is 23.7 Å². The second-order valence-electron chi connectivity index (χ2n) is 9.50. The first-order valence-corrected chi connectivity index (χ1v) is 13.6. The lowest BCUT2D eigenvalue weighted by atomic mass is 9.95. The first-order valence-electron chi connectivity index (χ1n) is 12.8. The minimum Gasteiger partial charge on any atom is -0.480 e. The maximum atomic E-state index is 15.0. The molecule has 1 unspecified atom stereocenters. The first-order chi connectivity index (χ1) is 18.8. The predicted molar refractivity (Wildman–Crippen MR) is 151 cm³/mol. The summed E-state index contributed by atoms with van der Waals surface area (Å²) in [7, 11) is 0. The van der Waals surface area contributed by atoms with E-state index in [1.165, 1.54) is 6.33 Å². The number of halogens is 3. The number of carboxylic acids is 1. The fourth-order valence-corrected chi connectivity index (χ4v) is 4.99. The fourth-order valence-electron chi connectivity index (χ4n) is 4.60. The van der Waals surface area contributed by atoms with E-state index in [0.717, 1.165) is 23.1 Å². The van der Waals surface area contributed by atoms with Gasteiger partial charge in [0.15, 0.2) is 11.6 Å². The predicted octanol–water partition coefficient (Wildman–Crippen LogP) is 5.44. The first kappa shape index (κ1) is 28.6. The van der Waals surface area contributed by atoms with Crippen LogP contribution in [0.15, 0.2) is 48.8 Å². The SMILES string of the molecule is CCCNc1ncnc(N2CCCC(C(=O)N[C@@H](Cc3ccc(-c4cc(Cl)ccc4Cl)cc3)C(=O)O)C2)c1F. The van der Waals surface area contributed by atoms with Crippen molar-refractivity contribution in [2.75, 3.05) is 29.9 Å². The number of aliphatic carboxylic acids is 1. The Kier molecular flexibility index (Phi) is 9.59. The maximum Gasteiger partial charge on any atom is 0.326 e. The van der Waals surface area contributed by atoms with Gasteiger partial charge in [0, 0.05) is 41.7 Å². The molecule has 1 aromatic heterocycles. The molecule has 2 aromatic carbocycles. The van der Waals surface area contributed by atoms with Crippen LogP contribution in [0.1, 0.15) is 31.7 Å². The van der Waals surface area contributed by atoms with Gasteiger partial charge in [-0.15, -0.1) is 0 Å². The van der Waals surface area contributed by atoms with Crippen molar-refractivity contribution >= 4 is 46.7 Å². The van der Waals surface area contributed by atoms with Crippen LogP contribution < -0.4 is 15.5 Å². The van der Waals surface area contributed by atoms with Crippen LogP contribution in [0.3, 0.4) is 0 Å². The molecule has 3 N–H and O–H groups in total. The Morgan fingerprint density at radius 3 is 2.67 bits per heavy atom. The van der Waals surface area contributed by atoms with Crippen LogP contribution in [0, 0.1) is 11.7 Å². The summed E-state index contributed by atoms with van der Waals surface area (Å²) in [4.78, 5) is 34.9. The summed E-state index contributed by atoms with van der Waals surface area (Å²) in [5.74, 6) is -2.31. The number of carboxylic acid groups (broad SMARTS) is 1. The molecule has 0 saturated carbocycles. The largest absolute Gasteiger partial charge is 0.480 e. The molecule has 1 saturated heterocycles. The average Bonchev–Trinajstić information content (AvgIpc) is 2.94. The second-order valence-corrected chi connectivity index (χ2v) is 10.3. The van der Waals surface area contributed by atoms with Crippen molar-refractivity contribution in [2.45, 2.75) is 38.6 Å². The van der Waals surface area contributed by atoms with E-state index in [1.54, 1.807) is 35.2 Å². The highest BCUT2D eigenvalue weighted by molar-refractivity contribution is 6.35. The molecule has 2 heterocycles. The number of hydrogen-bond donors (Lipinski definition) is 3. The van der Waals surface area contributed by atoms with Crippen LogP contribution in [-0.4, -0.2) is 52.6 Å². The molecule has 0 bridgehead atoms. The molecule has 4 rings (SSSR count). The molecular weight excluding hydrogens is 544 g/mol. The zero-order chi connectivity index (χ0) is 27.9. The van der Waals surface area contributed by atoms with E-state index in [4.69, 9.17) is 23.2 Å². The fraction of sp³-hybridized carbons (Fsp3) is 0.357. The number of rotatable bonds is 10. The van der Waals surface area contributed by atoms with E-state index >= 15 is 4.39 Å². The molecule has 8 nitrogen and oxygen atoms in total. The number of nitrogens with one attached hydrogen (secondary N) is 2. The van der Waals surface area contributed by atoms with Crippen molar-refractivity contribution in [1.82, 2.24) is 15.3 Å². The topological polar surface area (TPSA) is 107 Å². The smallest absolute Gasteiger partial charge is 0.326 e. The van der Waals surface area contributed by atoms with Gasteiger partial charge in [0.1, 0.15) is 12.4 Å². The molecule has 0 radical (unpaired) electrons. The van der Waals surface area contributed by atoms with Gasteiger partial charge >= 0.3 is 5.97 Å². The third-order valence-corrected chi connectivity index (χ3v) is 7.22. The molecule has 39 heavy (non-hydrogen) atoms. The van der Waals surface area contributed by atoms with E-state index in [0.29, 0.717) is 36.0 Å². The van der Waals surface area contributed by atoms with E-state index in [1.807, 2.05) is 19.1 Å². The van der Waals surface area contributed by atoms with Gasteiger partial charge < -0.3 is 20.6 Å². The number of anilines is 2. The lowest BCUT2D eigenvalue weighted by molar-refractivity contribution is -0.142. The van der Waals surface area contributed by atoms with Gasteiger partial charge in [-0.25, -0.2) is 14.8 Å². The summed E-state index contributed by atoms with van der Waals surface area (Å²) in [5, 5.41) is 16.6. The van der Waals surface area contributed by atoms with Crippen molar-refractivity contribution < 1.29 is 19.1 Å². The van der Waals surface area contributed by atoms with Gasteiger partial charge in [-0.1, -0.05) is 54.4 Å². The van der Waals surface area contributed by atoms with E-state index in [9.17, 15) is 14.7 Å². The molecule has 0 aliphatic carbocycles. The summed E-state index contributed by atoms with van der Waals surface area (Å²) < 4.78 is 15.0. The highest BCUT2D eigenvalue weighted by Crippen LogP contribution is 2.31. The van der Waals surface area contributed by atoms with E-state index in [2.05, 4.69) is 20.6 Å². The molecule has 0 spiro atoms. The zero-order valence-electron chi connectivity index (χ0n) is 21.5. The van der Waals surface area contributed by atoms with Crippen LogP contribution in [0.4, 0.5) is 16.0 Å². The third kappa shape index (κ3) is 7.16. The molecule has 2 atom stereocenters. The molecule has 1 fully saturated rings. The van der Waals surface area contributed by atoms with Crippen molar-refractivity contribution in [3.63, 3.8) is 0 Å². The number of hydrogen-bond acceptors (Lipinski definition) is 6. The molecule has 1 aliphatic heterocycles. The lowest BCUT2D eigenvalue weighted by Gasteiger charge is -2.33. The van der Waals surface area contributed by atoms with Crippen molar-refractivity contribution in [2.24, 2.45) is 5.92 Å². The Bertz CT molecular complexity index is 1330. The minimum absolute atomic E-state index is 0.105. The highest BCUT2D eigenvalue weighted by atomic mass is 35.5. The highest BCUT2D eigenvalue weighted by Gasteiger charge is 2.31. The summed E-state index contributed by atoms with van der Waals surface area (Å²) in [6, 6.07) is 11.4. The van der Waals surface area contributed by atoms with Crippen LogP contribution in [0.5, 0.6) is 0 Å². The standard InChI is InChI=1S/C28H30Cl2FN5O3/c1-2-11-32-25-24(31)26(34-16-33-25)36-12-3-4-19(15-36)27(37)35-23(28(38)39)13-17-5-7-18(8-6-17)21-14-20(29)9-10-22(21)30/h5-10,14,16,19,23H,2-4,11-13,15H2,1H3,(H,35,37)(H,38,39)(H,32,33,34)/t19?,23-/m0/s1. The summed E-state index contributed by atoms with van der Waals surface area (Å²) in [6.45, 7) is 3.31. The molecular formula is C28H30Cl2FN5O3. The summed E-state index contributed by atoms with van der Waals surface area (Å²) in [6.07, 6.45) is 3.43. The number of nitrogens with zero attached hydrogens (tertiary/aromatic N) is 3. The second kappa shape index (κ2) is 13.1. The van der Waals surface area contributed by atoms with Crippen LogP contribution in [0.2, 0.25) is 10.0 Å². The monoisotopic (exact) mass is 573 g/mol. The molecule has 206 valence electrons. The van der Waals surface area contributed by atoms with Crippen molar-refractivity contribution in [1.29, 1.82) is 0 Å². The van der Waals surface area contributed by atoms with Crippen LogP contribution >= 0.6 is 23.2 Å². The normalized spacial score (nSPS) is 16.0. The Labute approximate surface area is 236 Å². The number of carbonyl (C=O) groups excluding carboxylic acids is 1. The van der Waals surface area contributed by atoms with E-state index in [-0.39, 0.29) is 30.5 Å². The molecule has 1 aliphatic rings. The third-order valence-electron chi connectivity index (χ3n) is 6.65. The zero-order valence-corrected chi connectivity index (χ0v) is 23.0. The summed E-state index contributed by atoms with van der Waals surface area (Å²) >= 11 is 12.4. The molecule has 3 aromatic rings. The Morgan fingerprint density at radius 1 is 1.18 bits per heavy atom. The number of carbonyl (C=O) groups is 2. The van der Waals surface area contributed by atoms with Gasteiger partial charge in [-0.05, 0) is 48.6 Å². The van der Waals surface area contributed by atoms with Gasteiger partial charge in [-0.2, -0.15) is 4.39 Å². The number of piperidine rings is 1. The number of benzene rings is 2. The molecule has 11 heteroatoms. The van der Waals surface area contributed by atoms with Gasteiger partial charge in [-0.3, -0.25) is 4.79 Å². The minimum atomic E-state index is -1.13. The van der Waals surface area contributed by atoms with Crippen molar-refractivity contribution in [3.05, 3.63) is 70.2 Å².